The summed E-state index contributed by atoms with van der Waals surface area (Å²) in [6.45, 7) is 1.98. The molecule has 3 rings (SSSR count). The fourth-order valence-electron chi connectivity index (χ4n) is 2.44. The summed E-state index contributed by atoms with van der Waals surface area (Å²) in [6, 6.07) is 19.3. The van der Waals surface area contributed by atoms with Gasteiger partial charge in [0.15, 0.2) is 0 Å². The van der Waals surface area contributed by atoms with Crippen molar-refractivity contribution in [3.8, 4) is 11.3 Å². The smallest absolute Gasteiger partial charge is 0.227 e. The van der Waals surface area contributed by atoms with Gasteiger partial charge in [0.2, 0.25) is 11.9 Å². The molecule has 0 saturated carbocycles. The van der Waals surface area contributed by atoms with Gasteiger partial charge in [-0.05, 0) is 30.7 Å². The molecule has 1 amide bonds. The van der Waals surface area contributed by atoms with E-state index >= 15 is 0 Å². The zero-order valence-electron chi connectivity index (χ0n) is 14.1. The third-order valence-corrected chi connectivity index (χ3v) is 3.60. The van der Waals surface area contributed by atoms with Crippen LogP contribution in [0.1, 0.15) is 19.8 Å². The van der Waals surface area contributed by atoms with Gasteiger partial charge < -0.3 is 10.6 Å². The van der Waals surface area contributed by atoms with Gasteiger partial charge in [0, 0.05) is 29.6 Å². The predicted molar refractivity (Wildman–Crippen MR) is 101 cm³/mol. The quantitative estimate of drug-likeness (QED) is 0.691. The summed E-state index contributed by atoms with van der Waals surface area (Å²) in [5.74, 6) is 0.528. The average molecular weight is 332 g/mol. The number of benzene rings is 2. The largest absolute Gasteiger partial charge is 0.326 e. The topological polar surface area (TPSA) is 66.9 Å². The third-order valence-electron chi connectivity index (χ3n) is 3.60. The van der Waals surface area contributed by atoms with Crippen molar-refractivity contribution < 1.29 is 4.79 Å². The summed E-state index contributed by atoms with van der Waals surface area (Å²) in [4.78, 5) is 20.5. The highest BCUT2D eigenvalue weighted by Crippen LogP contribution is 2.21. The molecule has 0 radical (unpaired) electrons. The number of hydrogen-bond acceptors (Lipinski definition) is 4. The van der Waals surface area contributed by atoms with E-state index in [0.717, 1.165) is 29.1 Å². The summed E-state index contributed by atoms with van der Waals surface area (Å²) in [7, 11) is 0. The first-order chi connectivity index (χ1) is 12.2. The maximum absolute atomic E-state index is 11.7. The van der Waals surface area contributed by atoms with Crippen LogP contribution < -0.4 is 10.6 Å². The van der Waals surface area contributed by atoms with E-state index in [1.54, 1.807) is 6.20 Å². The van der Waals surface area contributed by atoms with Crippen molar-refractivity contribution >= 4 is 23.2 Å². The molecule has 0 aliphatic carbocycles. The van der Waals surface area contributed by atoms with E-state index in [0.29, 0.717) is 12.4 Å². The van der Waals surface area contributed by atoms with Crippen molar-refractivity contribution in [3.05, 3.63) is 66.9 Å². The monoisotopic (exact) mass is 332 g/mol. The molecule has 2 aromatic carbocycles. The molecular weight excluding hydrogens is 312 g/mol. The lowest BCUT2D eigenvalue weighted by Gasteiger charge is -2.09. The van der Waals surface area contributed by atoms with E-state index in [1.807, 2.05) is 67.6 Å². The number of amides is 1. The minimum absolute atomic E-state index is 0.0157. The maximum Gasteiger partial charge on any atom is 0.227 e. The van der Waals surface area contributed by atoms with Crippen molar-refractivity contribution in [3.63, 3.8) is 0 Å². The van der Waals surface area contributed by atoms with Gasteiger partial charge in [-0.15, -0.1) is 0 Å². The normalized spacial score (nSPS) is 10.3. The maximum atomic E-state index is 11.7. The van der Waals surface area contributed by atoms with Crippen LogP contribution in [-0.2, 0) is 4.79 Å². The van der Waals surface area contributed by atoms with Crippen LogP contribution in [0.2, 0.25) is 0 Å². The first-order valence-electron chi connectivity index (χ1n) is 8.30. The van der Waals surface area contributed by atoms with Crippen molar-refractivity contribution in [2.45, 2.75) is 19.8 Å². The predicted octanol–water partition coefficient (Wildman–Crippen LogP) is 4.63. The number of carbonyl (C=O) groups excluding carboxylic acids is 1. The molecule has 0 aliphatic heterocycles. The Balaban J connectivity index is 1.75. The van der Waals surface area contributed by atoms with Crippen LogP contribution in [0.15, 0.2) is 66.9 Å². The van der Waals surface area contributed by atoms with E-state index in [2.05, 4.69) is 20.6 Å². The van der Waals surface area contributed by atoms with E-state index in [-0.39, 0.29) is 5.91 Å². The van der Waals surface area contributed by atoms with Gasteiger partial charge in [-0.2, -0.15) is 0 Å². The second kappa shape index (κ2) is 8.06. The number of hydrogen-bond donors (Lipinski definition) is 2. The summed E-state index contributed by atoms with van der Waals surface area (Å²) >= 11 is 0. The molecule has 0 atom stereocenters. The molecular formula is C20H20N4O. The molecule has 0 aliphatic rings. The van der Waals surface area contributed by atoms with Gasteiger partial charge in [0.1, 0.15) is 0 Å². The van der Waals surface area contributed by atoms with Crippen LogP contribution in [0.4, 0.5) is 17.3 Å². The van der Waals surface area contributed by atoms with Crippen LogP contribution >= 0.6 is 0 Å². The lowest BCUT2D eigenvalue weighted by Crippen LogP contribution is -2.10. The molecule has 0 saturated heterocycles. The first kappa shape index (κ1) is 16.6. The highest BCUT2D eigenvalue weighted by Gasteiger charge is 2.04. The molecule has 1 aromatic heterocycles. The Hall–Kier alpha value is -3.21. The van der Waals surface area contributed by atoms with Crippen molar-refractivity contribution in [1.29, 1.82) is 0 Å². The fourth-order valence-corrected chi connectivity index (χ4v) is 2.44. The Morgan fingerprint density at radius 1 is 1.00 bits per heavy atom. The Bertz CT molecular complexity index is 849. The number of nitrogens with zero attached hydrogens (tertiary/aromatic N) is 2. The average Bonchev–Trinajstić information content (AvgIpc) is 2.63. The van der Waals surface area contributed by atoms with Crippen molar-refractivity contribution in [1.82, 2.24) is 9.97 Å². The fraction of sp³-hybridized carbons (Fsp3) is 0.150. The second-order valence-corrected chi connectivity index (χ2v) is 5.64. The van der Waals surface area contributed by atoms with Gasteiger partial charge in [-0.1, -0.05) is 43.3 Å². The van der Waals surface area contributed by atoms with E-state index < -0.39 is 0 Å². The number of carbonyl (C=O) groups is 1. The molecule has 1 heterocycles. The summed E-state index contributed by atoms with van der Waals surface area (Å²) in [5, 5.41) is 6.07. The summed E-state index contributed by atoms with van der Waals surface area (Å²) < 4.78 is 0. The van der Waals surface area contributed by atoms with Gasteiger partial charge in [0.25, 0.3) is 0 Å². The number of anilines is 3. The molecule has 0 unspecified atom stereocenters. The summed E-state index contributed by atoms with van der Waals surface area (Å²) in [6.07, 6.45) is 3.06. The molecule has 25 heavy (non-hydrogen) atoms. The Kier molecular flexibility index (Phi) is 5.36. The Morgan fingerprint density at radius 2 is 1.80 bits per heavy atom. The molecule has 0 spiro atoms. The SMILES string of the molecule is CCCC(=O)Nc1cccc(Nc2nccc(-c3ccccc3)n2)c1. The van der Waals surface area contributed by atoms with E-state index in [9.17, 15) is 4.79 Å². The number of nitrogens with one attached hydrogen (secondary N) is 2. The molecule has 0 bridgehead atoms. The molecule has 0 fully saturated rings. The standard InChI is InChI=1S/C20H20N4O/c1-2-7-19(25)22-16-10-6-11-17(14-16)23-20-21-13-12-18(24-20)15-8-4-3-5-9-15/h3-6,8-14H,2,7H2,1H3,(H,22,25)(H,21,23,24). The highest BCUT2D eigenvalue weighted by atomic mass is 16.1. The van der Waals surface area contributed by atoms with Crippen LogP contribution in [-0.4, -0.2) is 15.9 Å². The second-order valence-electron chi connectivity index (χ2n) is 5.64. The zero-order valence-corrected chi connectivity index (χ0v) is 14.1. The van der Waals surface area contributed by atoms with Gasteiger partial charge in [0.05, 0.1) is 5.69 Å². The van der Waals surface area contributed by atoms with Crippen molar-refractivity contribution in [2.24, 2.45) is 0 Å². The van der Waals surface area contributed by atoms with Crippen LogP contribution in [0.5, 0.6) is 0 Å². The van der Waals surface area contributed by atoms with E-state index in [4.69, 9.17) is 0 Å². The van der Waals surface area contributed by atoms with Gasteiger partial charge in [-0.25, -0.2) is 9.97 Å². The molecule has 3 aromatic rings. The number of aromatic nitrogens is 2. The number of rotatable bonds is 6. The van der Waals surface area contributed by atoms with Crippen LogP contribution in [0.25, 0.3) is 11.3 Å². The molecule has 5 nitrogen and oxygen atoms in total. The minimum Gasteiger partial charge on any atom is -0.326 e. The van der Waals surface area contributed by atoms with Crippen molar-refractivity contribution in [2.75, 3.05) is 10.6 Å². The molecule has 5 heteroatoms. The lowest BCUT2D eigenvalue weighted by atomic mass is 10.1. The van der Waals surface area contributed by atoms with E-state index in [1.165, 1.54) is 0 Å². The van der Waals surface area contributed by atoms with Gasteiger partial charge >= 0.3 is 0 Å². The lowest BCUT2D eigenvalue weighted by molar-refractivity contribution is -0.116. The Labute approximate surface area is 147 Å². The molecule has 2 N–H and O–H groups in total. The third kappa shape index (κ3) is 4.64. The zero-order chi connectivity index (χ0) is 17.5. The first-order valence-corrected chi connectivity index (χ1v) is 8.30. The minimum atomic E-state index is 0.0157. The van der Waals surface area contributed by atoms with Crippen LogP contribution in [0.3, 0.4) is 0 Å². The van der Waals surface area contributed by atoms with Gasteiger partial charge in [-0.3, -0.25) is 4.79 Å². The Morgan fingerprint density at radius 3 is 2.60 bits per heavy atom. The molecule has 126 valence electrons. The summed E-state index contributed by atoms with van der Waals surface area (Å²) in [5.41, 5.74) is 3.46. The highest BCUT2D eigenvalue weighted by molar-refractivity contribution is 5.91. The van der Waals surface area contributed by atoms with Crippen LogP contribution in [0, 0.1) is 0 Å².